The molecule has 5 aromatic rings. The van der Waals surface area contributed by atoms with E-state index in [2.05, 4.69) is 27.6 Å². The van der Waals surface area contributed by atoms with E-state index in [1.165, 1.54) is 0 Å². The molecule has 0 bridgehead atoms. The van der Waals surface area contributed by atoms with Crippen molar-refractivity contribution in [2.45, 2.75) is 26.6 Å². The molecule has 0 spiro atoms. The molecule has 0 saturated heterocycles. The van der Waals surface area contributed by atoms with Crippen LogP contribution < -0.4 is 5.32 Å². The van der Waals surface area contributed by atoms with Crippen LogP contribution in [0.15, 0.2) is 72.5 Å². The maximum Gasteiger partial charge on any atom is 0.252 e. The van der Waals surface area contributed by atoms with Crippen LogP contribution in [0.3, 0.4) is 0 Å². The van der Waals surface area contributed by atoms with Gasteiger partial charge in [-0.2, -0.15) is 10.2 Å². The van der Waals surface area contributed by atoms with Gasteiger partial charge < -0.3 is 5.32 Å². The number of nitrogens with zero attached hydrogens (tertiary/aromatic N) is 5. The number of nitrogens with one attached hydrogen (secondary N) is 1. The molecule has 160 valence electrons. The predicted octanol–water partition coefficient (Wildman–Crippen LogP) is 4.35. The van der Waals surface area contributed by atoms with E-state index >= 15 is 0 Å². The van der Waals surface area contributed by atoms with Crippen LogP contribution in [0.2, 0.25) is 0 Å². The first-order valence-corrected chi connectivity index (χ1v) is 11.3. The van der Waals surface area contributed by atoms with E-state index in [1.807, 2.05) is 64.3 Å². The molecule has 0 aliphatic rings. The van der Waals surface area contributed by atoms with E-state index in [1.54, 1.807) is 23.7 Å². The van der Waals surface area contributed by atoms with Gasteiger partial charge in [-0.25, -0.2) is 9.67 Å². The quantitative estimate of drug-likeness (QED) is 0.406. The van der Waals surface area contributed by atoms with Crippen LogP contribution in [-0.2, 0) is 19.6 Å². The van der Waals surface area contributed by atoms with E-state index in [4.69, 9.17) is 4.98 Å². The number of hydrogen-bond donors (Lipinski definition) is 1. The van der Waals surface area contributed by atoms with Crippen molar-refractivity contribution in [3.63, 3.8) is 0 Å². The average Bonchev–Trinajstić information content (AvgIpc) is 3.59. The Balaban J connectivity index is 1.36. The van der Waals surface area contributed by atoms with Gasteiger partial charge in [0, 0.05) is 25.5 Å². The van der Waals surface area contributed by atoms with Gasteiger partial charge >= 0.3 is 0 Å². The number of fused-ring (bicyclic) bond motifs is 1. The highest BCUT2D eigenvalue weighted by Gasteiger charge is 2.17. The summed E-state index contributed by atoms with van der Waals surface area (Å²) in [5.41, 5.74) is 4.30. The first-order chi connectivity index (χ1) is 15.7. The first-order valence-electron chi connectivity index (χ1n) is 10.4. The van der Waals surface area contributed by atoms with Crippen molar-refractivity contribution < 1.29 is 4.79 Å². The van der Waals surface area contributed by atoms with Crippen molar-refractivity contribution in [2.24, 2.45) is 0 Å². The molecule has 1 aromatic carbocycles. The molecule has 8 heteroatoms. The molecule has 0 aliphatic heterocycles. The van der Waals surface area contributed by atoms with Crippen molar-refractivity contribution in [1.29, 1.82) is 0 Å². The monoisotopic (exact) mass is 442 g/mol. The standard InChI is InChI=1S/C24H22N6OS/c1-2-30-23-20(15-27-30)19(13-21(28-23)22-5-3-12-32-22)24(31)25-14-17-6-8-18(9-7-17)16-29-11-4-10-26-29/h3-13,15H,2,14,16H2,1H3,(H,25,31). The van der Waals surface area contributed by atoms with E-state index in [9.17, 15) is 4.79 Å². The number of amides is 1. The fourth-order valence-electron chi connectivity index (χ4n) is 3.64. The Kier molecular flexibility index (Phi) is 5.51. The zero-order chi connectivity index (χ0) is 21.9. The molecule has 1 amide bonds. The second-order valence-corrected chi connectivity index (χ2v) is 8.38. The Morgan fingerprint density at radius 2 is 1.94 bits per heavy atom. The molecule has 7 nitrogen and oxygen atoms in total. The van der Waals surface area contributed by atoms with Crippen LogP contribution in [0.25, 0.3) is 21.6 Å². The molecule has 4 heterocycles. The minimum atomic E-state index is -0.133. The molecule has 1 N–H and O–H groups in total. The largest absolute Gasteiger partial charge is 0.348 e. The van der Waals surface area contributed by atoms with Crippen molar-refractivity contribution in [1.82, 2.24) is 29.9 Å². The smallest absolute Gasteiger partial charge is 0.252 e. The summed E-state index contributed by atoms with van der Waals surface area (Å²) in [4.78, 5) is 18.9. The normalized spacial score (nSPS) is 11.2. The van der Waals surface area contributed by atoms with Crippen LogP contribution in [0.4, 0.5) is 0 Å². The number of benzene rings is 1. The highest BCUT2D eigenvalue weighted by atomic mass is 32.1. The van der Waals surface area contributed by atoms with Gasteiger partial charge in [-0.15, -0.1) is 11.3 Å². The fraction of sp³-hybridized carbons (Fsp3) is 0.167. The third kappa shape index (κ3) is 4.04. The lowest BCUT2D eigenvalue weighted by molar-refractivity contribution is 0.0952. The lowest BCUT2D eigenvalue weighted by Crippen LogP contribution is -2.23. The fourth-order valence-corrected chi connectivity index (χ4v) is 4.32. The summed E-state index contributed by atoms with van der Waals surface area (Å²) < 4.78 is 3.70. The van der Waals surface area contributed by atoms with Crippen LogP contribution in [0, 0.1) is 0 Å². The number of aromatic nitrogens is 5. The van der Waals surface area contributed by atoms with Gasteiger partial charge in [-0.05, 0) is 41.6 Å². The lowest BCUT2D eigenvalue weighted by Gasteiger charge is -2.09. The van der Waals surface area contributed by atoms with E-state index in [0.29, 0.717) is 18.7 Å². The maximum absolute atomic E-state index is 13.1. The Morgan fingerprint density at radius 3 is 2.66 bits per heavy atom. The molecular weight excluding hydrogens is 420 g/mol. The molecule has 0 aliphatic carbocycles. The van der Waals surface area contributed by atoms with Crippen molar-refractivity contribution in [2.75, 3.05) is 0 Å². The van der Waals surface area contributed by atoms with Crippen LogP contribution in [-0.4, -0.2) is 30.5 Å². The van der Waals surface area contributed by atoms with E-state index in [0.717, 1.165) is 39.3 Å². The van der Waals surface area contributed by atoms with Gasteiger partial charge in [0.25, 0.3) is 5.91 Å². The van der Waals surface area contributed by atoms with E-state index < -0.39 is 0 Å². The summed E-state index contributed by atoms with van der Waals surface area (Å²) in [5.74, 6) is -0.133. The van der Waals surface area contributed by atoms with Crippen molar-refractivity contribution in [3.05, 3.63) is 89.2 Å². The van der Waals surface area contributed by atoms with Gasteiger partial charge in [0.1, 0.15) is 0 Å². The number of rotatable bonds is 7. The molecule has 0 unspecified atom stereocenters. The number of carbonyl (C=O) groups excluding carboxylic acids is 1. The number of carbonyl (C=O) groups is 1. The Morgan fingerprint density at radius 1 is 1.09 bits per heavy atom. The zero-order valence-corrected chi connectivity index (χ0v) is 18.4. The Bertz CT molecular complexity index is 1340. The minimum Gasteiger partial charge on any atom is -0.348 e. The van der Waals surface area contributed by atoms with Crippen molar-refractivity contribution in [3.8, 4) is 10.6 Å². The Hall–Kier alpha value is -3.78. The van der Waals surface area contributed by atoms with Crippen molar-refractivity contribution >= 4 is 28.3 Å². The van der Waals surface area contributed by atoms with Crippen LogP contribution >= 0.6 is 11.3 Å². The van der Waals surface area contributed by atoms with Gasteiger partial charge in [-0.1, -0.05) is 30.3 Å². The average molecular weight is 443 g/mol. The molecule has 0 radical (unpaired) electrons. The Labute approximate surface area is 189 Å². The van der Waals surface area contributed by atoms with E-state index in [-0.39, 0.29) is 5.91 Å². The van der Waals surface area contributed by atoms with Gasteiger partial charge in [0.05, 0.1) is 34.3 Å². The summed E-state index contributed by atoms with van der Waals surface area (Å²) in [6, 6.07) is 16.0. The summed E-state index contributed by atoms with van der Waals surface area (Å²) in [5, 5.41) is 14.5. The third-order valence-electron chi connectivity index (χ3n) is 5.31. The van der Waals surface area contributed by atoms with Crippen LogP contribution in [0.1, 0.15) is 28.4 Å². The van der Waals surface area contributed by atoms with Gasteiger partial charge in [0.2, 0.25) is 0 Å². The second-order valence-electron chi connectivity index (χ2n) is 7.43. The summed E-state index contributed by atoms with van der Waals surface area (Å²) in [6.45, 7) is 3.88. The van der Waals surface area contributed by atoms with Gasteiger partial charge in [0.15, 0.2) is 5.65 Å². The molecule has 5 rings (SSSR count). The number of hydrogen-bond acceptors (Lipinski definition) is 5. The highest BCUT2D eigenvalue weighted by Crippen LogP contribution is 2.28. The predicted molar refractivity (Wildman–Crippen MR) is 125 cm³/mol. The molecule has 0 atom stereocenters. The number of thiophene rings is 1. The van der Waals surface area contributed by atoms with Gasteiger partial charge in [-0.3, -0.25) is 9.48 Å². The first kappa shape index (κ1) is 20.1. The minimum absolute atomic E-state index is 0.133. The molecule has 0 fully saturated rings. The SMILES string of the molecule is CCn1ncc2c(C(=O)NCc3ccc(Cn4cccn4)cc3)cc(-c3cccs3)nc21. The molecular formula is C24H22N6OS. The third-order valence-corrected chi connectivity index (χ3v) is 6.20. The number of aryl methyl sites for hydroxylation is 1. The summed E-state index contributed by atoms with van der Waals surface area (Å²) >= 11 is 1.60. The summed E-state index contributed by atoms with van der Waals surface area (Å²) in [7, 11) is 0. The molecule has 0 saturated carbocycles. The summed E-state index contributed by atoms with van der Waals surface area (Å²) in [6.07, 6.45) is 5.44. The maximum atomic E-state index is 13.1. The zero-order valence-electron chi connectivity index (χ0n) is 17.6. The highest BCUT2D eigenvalue weighted by molar-refractivity contribution is 7.13. The molecule has 4 aromatic heterocycles. The number of pyridine rings is 1. The topological polar surface area (TPSA) is 77.6 Å². The van der Waals surface area contributed by atoms with Crippen LogP contribution in [0.5, 0.6) is 0 Å². The second kappa shape index (κ2) is 8.76. The molecule has 32 heavy (non-hydrogen) atoms. The lowest BCUT2D eigenvalue weighted by atomic mass is 10.1.